The molecular formula is C15H15N3O3. The van der Waals surface area contributed by atoms with E-state index in [9.17, 15) is 9.59 Å². The summed E-state index contributed by atoms with van der Waals surface area (Å²) >= 11 is 0. The summed E-state index contributed by atoms with van der Waals surface area (Å²) < 4.78 is 5.40. The van der Waals surface area contributed by atoms with Crippen LogP contribution in [-0.4, -0.2) is 28.8 Å². The highest BCUT2D eigenvalue weighted by Crippen LogP contribution is 2.13. The molecule has 1 atom stereocenters. The van der Waals surface area contributed by atoms with E-state index in [0.717, 1.165) is 12.8 Å². The Bertz CT molecular complexity index is 751. The minimum absolute atomic E-state index is 0.0204. The number of aromatic amines is 1. The van der Waals surface area contributed by atoms with Crippen molar-refractivity contribution in [2.45, 2.75) is 18.9 Å². The van der Waals surface area contributed by atoms with Crippen LogP contribution in [0.15, 0.2) is 41.4 Å². The third-order valence-electron chi connectivity index (χ3n) is 3.42. The third-order valence-corrected chi connectivity index (χ3v) is 3.42. The third kappa shape index (κ3) is 2.79. The Kier molecular flexibility index (Phi) is 3.68. The molecule has 0 fully saturated rings. The molecule has 0 aliphatic carbocycles. The van der Waals surface area contributed by atoms with Gasteiger partial charge in [-0.2, -0.15) is 5.10 Å². The average molecular weight is 285 g/mol. The first-order valence-electron chi connectivity index (χ1n) is 6.82. The number of amides is 1. The lowest BCUT2D eigenvalue weighted by Crippen LogP contribution is -2.34. The zero-order valence-corrected chi connectivity index (χ0v) is 11.3. The number of aromatic nitrogens is 2. The van der Waals surface area contributed by atoms with E-state index in [1.54, 1.807) is 30.5 Å². The second-order valence-corrected chi connectivity index (χ2v) is 4.86. The van der Waals surface area contributed by atoms with Crippen LogP contribution < -0.4 is 10.9 Å². The van der Waals surface area contributed by atoms with Gasteiger partial charge in [0.15, 0.2) is 5.69 Å². The monoisotopic (exact) mass is 285 g/mol. The predicted molar refractivity (Wildman–Crippen MR) is 77.9 cm³/mol. The Balaban J connectivity index is 1.80. The first-order chi connectivity index (χ1) is 10.3. The van der Waals surface area contributed by atoms with Crippen molar-refractivity contribution < 1.29 is 9.53 Å². The molecule has 0 bridgehead atoms. The van der Waals surface area contributed by atoms with E-state index in [1.165, 1.54) is 0 Å². The van der Waals surface area contributed by atoms with Gasteiger partial charge in [-0.15, -0.1) is 0 Å². The lowest BCUT2D eigenvalue weighted by Gasteiger charge is -2.19. The van der Waals surface area contributed by atoms with Crippen LogP contribution >= 0.6 is 0 Å². The molecular weight excluding hydrogens is 270 g/mol. The maximum absolute atomic E-state index is 12.2. The second-order valence-electron chi connectivity index (χ2n) is 4.86. The van der Waals surface area contributed by atoms with Crippen molar-refractivity contribution in [1.82, 2.24) is 15.5 Å². The van der Waals surface area contributed by atoms with Gasteiger partial charge in [-0.05, 0) is 25.0 Å². The minimum Gasteiger partial charge on any atom is -0.497 e. The van der Waals surface area contributed by atoms with E-state index >= 15 is 0 Å². The van der Waals surface area contributed by atoms with Crippen LogP contribution in [0.25, 0.3) is 10.8 Å². The van der Waals surface area contributed by atoms with Gasteiger partial charge in [0.2, 0.25) is 0 Å². The zero-order valence-electron chi connectivity index (χ0n) is 11.3. The Morgan fingerprint density at radius 1 is 1.38 bits per heavy atom. The molecule has 2 aromatic rings. The number of benzene rings is 1. The number of fused-ring (bicyclic) bond motifs is 1. The van der Waals surface area contributed by atoms with Crippen LogP contribution in [0.3, 0.4) is 0 Å². The molecule has 108 valence electrons. The summed E-state index contributed by atoms with van der Waals surface area (Å²) in [6.07, 6.45) is 5.41. The highest BCUT2D eigenvalue weighted by molar-refractivity contribution is 6.04. The number of allylic oxidation sites excluding steroid dienone is 1. The average Bonchev–Trinajstić information content (AvgIpc) is 2.54. The first kappa shape index (κ1) is 13.4. The normalized spacial score (nSPS) is 17.4. The molecule has 1 aromatic carbocycles. The number of hydrogen-bond donors (Lipinski definition) is 2. The summed E-state index contributed by atoms with van der Waals surface area (Å²) in [6.45, 7) is 0.415. The number of rotatable bonds is 3. The summed E-state index contributed by atoms with van der Waals surface area (Å²) in [5.41, 5.74) is -0.0838. The molecule has 0 saturated carbocycles. The predicted octanol–water partition coefficient (Wildman–Crippen LogP) is 1.35. The Hall–Kier alpha value is -2.63. The molecule has 0 spiro atoms. The fourth-order valence-electron chi connectivity index (χ4n) is 2.31. The Morgan fingerprint density at radius 3 is 2.95 bits per heavy atom. The lowest BCUT2D eigenvalue weighted by molar-refractivity contribution is 0.0872. The van der Waals surface area contributed by atoms with Crippen LogP contribution in [0.4, 0.5) is 0 Å². The maximum Gasteiger partial charge on any atom is 0.272 e. The molecule has 0 saturated heterocycles. The molecule has 0 unspecified atom stereocenters. The number of carbonyl (C=O) groups excluding carboxylic acids is 1. The topological polar surface area (TPSA) is 84.1 Å². The van der Waals surface area contributed by atoms with E-state index in [-0.39, 0.29) is 23.3 Å². The largest absolute Gasteiger partial charge is 0.497 e. The summed E-state index contributed by atoms with van der Waals surface area (Å²) in [4.78, 5) is 23.9. The molecule has 21 heavy (non-hydrogen) atoms. The molecule has 6 heteroatoms. The van der Waals surface area contributed by atoms with E-state index in [0.29, 0.717) is 17.3 Å². The molecule has 1 aliphatic rings. The highest BCUT2D eigenvalue weighted by atomic mass is 16.5. The van der Waals surface area contributed by atoms with Crippen LogP contribution in [0.2, 0.25) is 0 Å². The van der Waals surface area contributed by atoms with Gasteiger partial charge in [0, 0.05) is 5.39 Å². The van der Waals surface area contributed by atoms with Gasteiger partial charge in [-0.3, -0.25) is 9.59 Å². The molecule has 1 aliphatic heterocycles. The van der Waals surface area contributed by atoms with E-state index in [2.05, 4.69) is 15.5 Å². The summed E-state index contributed by atoms with van der Waals surface area (Å²) in [5.74, 6) is -0.319. The van der Waals surface area contributed by atoms with Crippen molar-refractivity contribution in [2.24, 2.45) is 0 Å². The smallest absolute Gasteiger partial charge is 0.272 e. The summed E-state index contributed by atoms with van der Waals surface area (Å²) in [6, 6.07) is 6.91. The molecule has 6 nitrogen and oxygen atoms in total. The van der Waals surface area contributed by atoms with Crippen molar-refractivity contribution >= 4 is 16.7 Å². The zero-order chi connectivity index (χ0) is 14.7. The van der Waals surface area contributed by atoms with Crippen LogP contribution in [0.1, 0.15) is 23.3 Å². The molecule has 2 heterocycles. The quantitative estimate of drug-likeness (QED) is 0.891. The lowest BCUT2D eigenvalue weighted by atomic mass is 10.1. The van der Waals surface area contributed by atoms with Gasteiger partial charge in [-0.25, -0.2) is 5.10 Å². The minimum atomic E-state index is -0.319. The first-order valence-corrected chi connectivity index (χ1v) is 6.82. The number of nitrogens with zero attached hydrogens (tertiary/aromatic N) is 1. The maximum atomic E-state index is 12.2. The number of carbonyl (C=O) groups is 1. The number of nitrogens with one attached hydrogen (secondary N) is 2. The summed E-state index contributed by atoms with van der Waals surface area (Å²) in [5, 5.41) is 10.0. The van der Waals surface area contributed by atoms with E-state index in [4.69, 9.17) is 4.74 Å². The van der Waals surface area contributed by atoms with Crippen LogP contribution in [-0.2, 0) is 4.74 Å². The van der Waals surface area contributed by atoms with Gasteiger partial charge in [0.25, 0.3) is 11.5 Å². The van der Waals surface area contributed by atoms with Crippen molar-refractivity contribution in [3.63, 3.8) is 0 Å². The number of hydrogen-bond acceptors (Lipinski definition) is 4. The van der Waals surface area contributed by atoms with Crippen LogP contribution in [0.5, 0.6) is 0 Å². The highest BCUT2D eigenvalue weighted by Gasteiger charge is 2.16. The molecule has 1 aromatic heterocycles. The van der Waals surface area contributed by atoms with Crippen molar-refractivity contribution in [2.75, 3.05) is 6.54 Å². The molecule has 1 amide bonds. The molecule has 3 rings (SSSR count). The van der Waals surface area contributed by atoms with E-state index in [1.807, 2.05) is 6.08 Å². The van der Waals surface area contributed by atoms with Gasteiger partial charge in [0.05, 0.1) is 18.2 Å². The van der Waals surface area contributed by atoms with Gasteiger partial charge >= 0.3 is 0 Å². The Labute approximate surface area is 120 Å². The van der Waals surface area contributed by atoms with E-state index < -0.39 is 0 Å². The summed E-state index contributed by atoms with van der Waals surface area (Å²) in [7, 11) is 0. The van der Waals surface area contributed by atoms with Crippen molar-refractivity contribution in [3.05, 3.63) is 52.7 Å². The van der Waals surface area contributed by atoms with Gasteiger partial charge in [-0.1, -0.05) is 18.2 Å². The Morgan fingerprint density at radius 2 is 2.19 bits per heavy atom. The van der Waals surface area contributed by atoms with Crippen molar-refractivity contribution in [3.8, 4) is 0 Å². The molecule has 2 N–H and O–H groups in total. The number of H-pyrrole nitrogens is 1. The standard InChI is InChI=1S/C15H15N3O3/c19-14-12-7-2-1-6-11(12)13(17-18-14)15(20)16-9-10-5-3-4-8-21-10/h1-2,4,6-8,10H,3,5,9H2,(H,16,20)(H,18,19)/t10-/m0/s1. The van der Waals surface area contributed by atoms with Gasteiger partial charge < -0.3 is 10.1 Å². The van der Waals surface area contributed by atoms with Crippen molar-refractivity contribution in [1.29, 1.82) is 0 Å². The fourth-order valence-corrected chi connectivity index (χ4v) is 2.31. The SMILES string of the molecule is O=C(NC[C@@H]1CCC=CO1)c1n[nH]c(=O)c2ccccc12. The van der Waals surface area contributed by atoms with Gasteiger partial charge in [0.1, 0.15) is 6.10 Å². The molecule has 0 radical (unpaired) electrons. The number of ether oxygens (including phenoxy) is 1. The second kappa shape index (κ2) is 5.78. The van der Waals surface area contributed by atoms with Crippen LogP contribution in [0, 0.1) is 0 Å². The fraction of sp³-hybridized carbons (Fsp3) is 0.267.